The van der Waals surface area contributed by atoms with Gasteiger partial charge < -0.3 is 24.8 Å². The zero-order valence-corrected chi connectivity index (χ0v) is 38.3. The summed E-state index contributed by atoms with van der Waals surface area (Å²) < 4.78 is 114. The fourth-order valence-corrected chi connectivity index (χ4v) is 9.66. The lowest BCUT2D eigenvalue weighted by atomic mass is 9.76. The normalized spacial score (nSPS) is 19.9. The second-order valence-corrected chi connectivity index (χ2v) is 20.2. The number of ether oxygens (including phenoxy) is 2. The zero-order chi connectivity index (χ0) is 46.6. The van der Waals surface area contributed by atoms with Crippen LogP contribution >= 0.6 is 0 Å². The monoisotopic (exact) mass is 936 g/mol. The first-order valence-electron chi connectivity index (χ1n) is 20.4. The van der Waals surface area contributed by atoms with Gasteiger partial charge in [0.25, 0.3) is 30.4 Å². The highest BCUT2D eigenvalue weighted by molar-refractivity contribution is 7.86. The molecule has 63 heavy (non-hydrogen) atoms. The molecule has 5 N–H and O–H groups in total. The Hall–Kier alpha value is -4.54. The van der Waals surface area contributed by atoms with Gasteiger partial charge in [0.2, 0.25) is 11.6 Å². The number of carbonyl (C=O) groups excluding carboxylic acids is 1. The van der Waals surface area contributed by atoms with E-state index in [1.807, 2.05) is 35.5 Å². The number of carboxylic acid groups (broad SMARTS) is 1. The summed E-state index contributed by atoms with van der Waals surface area (Å²) in [6.45, 7) is 5.54. The number of hydrogen-bond donors (Lipinski definition) is 5. The summed E-state index contributed by atoms with van der Waals surface area (Å²) in [5.41, 5.74) is 2.08. The molecule has 0 saturated heterocycles. The quantitative estimate of drug-likeness (QED) is 0.0363. The number of anilines is 1. The maximum Gasteiger partial charge on any atom is 0.303 e. The molecule has 2 aliphatic heterocycles. The number of fused-ring (bicyclic) bond motifs is 2. The Kier molecular flexibility index (Phi) is 17.8. The summed E-state index contributed by atoms with van der Waals surface area (Å²) in [5, 5.41) is 11.9. The predicted molar refractivity (Wildman–Crippen MR) is 238 cm³/mol. The number of unbranched alkanes of at least 4 members (excludes halogenated alkanes) is 2. The molecule has 0 spiro atoms. The van der Waals surface area contributed by atoms with Crippen LogP contribution in [0.4, 0.5) is 11.4 Å². The molecule has 4 rings (SSSR count). The first-order chi connectivity index (χ1) is 29.6. The van der Waals surface area contributed by atoms with Gasteiger partial charge in [-0.2, -0.15) is 29.8 Å². The molecule has 2 atom stereocenters. The number of carbonyl (C=O) groups is 2. The Morgan fingerprint density at radius 2 is 1.40 bits per heavy atom. The van der Waals surface area contributed by atoms with Crippen LogP contribution in [0.5, 0.6) is 0 Å². The fraction of sp³-hybridized carbons (Fsp3) is 0.465. The number of allylic oxidation sites excluding steroid dienone is 8. The highest BCUT2D eigenvalue weighted by Gasteiger charge is 2.48. The molecule has 20 heteroatoms. The van der Waals surface area contributed by atoms with Crippen molar-refractivity contribution in [2.45, 2.75) is 85.8 Å². The maximum atomic E-state index is 12.9. The number of aliphatic carboxylic acids is 1. The highest BCUT2D eigenvalue weighted by atomic mass is 32.2. The summed E-state index contributed by atoms with van der Waals surface area (Å²) in [5.74, 6) is -1.65. The van der Waals surface area contributed by atoms with Crippen molar-refractivity contribution >= 4 is 59.3 Å². The van der Waals surface area contributed by atoms with Crippen LogP contribution in [0.2, 0.25) is 0 Å². The number of hydrogen-bond acceptors (Lipinski definition) is 11. The molecule has 2 heterocycles. The molecule has 2 unspecified atom stereocenters. The maximum absolute atomic E-state index is 12.9. The number of rotatable bonds is 25. The van der Waals surface area contributed by atoms with Crippen molar-refractivity contribution in [3.05, 3.63) is 95.8 Å². The van der Waals surface area contributed by atoms with Crippen LogP contribution in [0.1, 0.15) is 76.3 Å². The van der Waals surface area contributed by atoms with E-state index in [9.17, 15) is 48.5 Å². The molecule has 346 valence electrons. The van der Waals surface area contributed by atoms with Gasteiger partial charge in [-0.3, -0.25) is 23.2 Å². The van der Waals surface area contributed by atoms with Gasteiger partial charge in [-0.05, 0) is 87.9 Å². The molecule has 2 aromatic rings. The molecule has 0 saturated carbocycles. The van der Waals surface area contributed by atoms with Crippen LogP contribution in [-0.4, -0.2) is 119 Å². The van der Waals surface area contributed by atoms with Gasteiger partial charge in [-0.25, -0.2) is 0 Å². The smallest absolute Gasteiger partial charge is 0.303 e. The van der Waals surface area contributed by atoms with Crippen LogP contribution in [0, 0.1) is 0 Å². The third-order valence-corrected chi connectivity index (χ3v) is 13.8. The molecular weight excluding hydrogens is 879 g/mol. The van der Waals surface area contributed by atoms with Crippen LogP contribution in [-0.2, 0) is 60.2 Å². The van der Waals surface area contributed by atoms with Gasteiger partial charge >= 0.3 is 5.97 Å². The summed E-state index contributed by atoms with van der Waals surface area (Å²) in [6, 6.07) is 8.61. The minimum atomic E-state index is -4.60. The van der Waals surface area contributed by atoms with E-state index in [0.717, 1.165) is 5.70 Å². The first-order valence-corrected chi connectivity index (χ1v) is 24.9. The number of methoxy groups -OCH3 is 2. The van der Waals surface area contributed by atoms with Crippen molar-refractivity contribution in [1.82, 2.24) is 5.32 Å². The Balaban J connectivity index is 1.72. The number of nitrogens with one attached hydrogen (secondary N) is 1. The average molecular weight is 937 g/mol. The number of nitrogens with zero attached hydrogens (tertiary/aromatic N) is 2. The van der Waals surface area contributed by atoms with Crippen LogP contribution in [0.3, 0.4) is 0 Å². The number of carboxylic acids is 1. The lowest BCUT2D eigenvalue weighted by molar-refractivity contribution is -0.438. The largest absolute Gasteiger partial charge is 0.481 e. The zero-order valence-electron chi connectivity index (χ0n) is 35.9. The molecule has 2 aromatic carbocycles. The van der Waals surface area contributed by atoms with E-state index < -0.39 is 52.9 Å². The van der Waals surface area contributed by atoms with Crippen LogP contribution in [0.25, 0.3) is 0 Å². The van der Waals surface area contributed by atoms with Crippen molar-refractivity contribution in [3.63, 3.8) is 0 Å². The second-order valence-electron chi connectivity index (χ2n) is 15.8. The van der Waals surface area contributed by atoms with E-state index in [-0.39, 0.29) is 41.4 Å². The molecule has 0 aliphatic carbocycles. The molecule has 0 bridgehead atoms. The minimum Gasteiger partial charge on any atom is -0.481 e. The molecule has 0 radical (unpaired) electrons. The third kappa shape index (κ3) is 13.5. The Morgan fingerprint density at radius 1 is 0.762 bits per heavy atom. The molecule has 2 aliphatic rings. The van der Waals surface area contributed by atoms with E-state index in [1.165, 1.54) is 31.4 Å². The number of amides is 1. The fourth-order valence-electron chi connectivity index (χ4n) is 8.14. The van der Waals surface area contributed by atoms with E-state index in [0.29, 0.717) is 86.7 Å². The van der Waals surface area contributed by atoms with Crippen molar-refractivity contribution in [2.24, 2.45) is 0 Å². The van der Waals surface area contributed by atoms with Gasteiger partial charge in [0.05, 0.1) is 34.2 Å². The number of benzene rings is 2. The van der Waals surface area contributed by atoms with Gasteiger partial charge in [0.15, 0.2) is 5.71 Å². The van der Waals surface area contributed by atoms with Gasteiger partial charge in [0, 0.05) is 81.1 Å². The van der Waals surface area contributed by atoms with Gasteiger partial charge in [0.1, 0.15) is 6.54 Å². The molecule has 1 amide bonds. The Bertz CT molecular complexity index is 2500. The predicted octanol–water partition coefficient (Wildman–Crippen LogP) is 5.37. The summed E-state index contributed by atoms with van der Waals surface area (Å²) >= 11 is 0. The average Bonchev–Trinajstić information content (AvgIpc) is 3.57. The SMILES string of the molecule is COCCNC(=O)CCC1(C)\C(=C/C=C/C=C/C=C/C2=[N+](CCCCCC(=O)O)c3ccc(S(=O)(=O)O)cc3C2(C)CCCS(=O)(=O)O)N(CCOC)c2ccc(S(=O)(=O)O)cc21. The lowest BCUT2D eigenvalue weighted by Crippen LogP contribution is -2.33. The molecule has 17 nitrogen and oxygen atoms in total. The van der Waals surface area contributed by atoms with E-state index in [1.54, 1.807) is 49.6 Å². The van der Waals surface area contributed by atoms with Crippen LogP contribution in [0.15, 0.2) is 94.4 Å². The van der Waals surface area contributed by atoms with Crippen LogP contribution < -0.4 is 10.2 Å². The molecule has 0 aromatic heterocycles. The van der Waals surface area contributed by atoms with E-state index in [4.69, 9.17) is 14.6 Å². The standard InChI is InChI=1S/C43H57N3O14S3/c1-42(22-13-29-61(50,51)52)34-30-32(62(53,54)55)17-19-36(34)45(25-12-8-11-16-41(48)49)38(42)14-9-6-5-7-10-15-39-43(2,23-21-40(47)44-24-27-59-3)35-31-33(63(56,57)58)18-20-37(35)46(39)26-28-60-4/h5-7,9-10,14-15,17-20,30-31H,8,11-13,16,21-29H2,1-4H3,(H4-,44,47,48,49,50,51,52,53,54,55,56,57,58)/p+1. The van der Waals surface area contributed by atoms with Crippen molar-refractivity contribution in [3.8, 4) is 0 Å². The van der Waals surface area contributed by atoms with Crippen molar-refractivity contribution < 1.29 is 67.7 Å². The molecule has 0 fully saturated rings. The Labute approximate surface area is 370 Å². The lowest BCUT2D eigenvalue weighted by Gasteiger charge is -2.30. The second kappa shape index (κ2) is 21.9. The van der Waals surface area contributed by atoms with E-state index >= 15 is 0 Å². The van der Waals surface area contributed by atoms with E-state index in [2.05, 4.69) is 5.32 Å². The highest BCUT2D eigenvalue weighted by Crippen LogP contribution is 2.51. The summed E-state index contributed by atoms with van der Waals surface area (Å²) in [6.07, 6.45) is 14.8. The molecular formula is C43H58N3O14S3+. The van der Waals surface area contributed by atoms with Crippen molar-refractivity contribution in [2.75, 3.05) is 57.7 Å². The Morgan fingerprint density at radius 3 is 2.03 bits per heavy atom. The summed E-state index contributed by atoms with van der Waals surface area (Å²) in [7, 11) is -10.4. The topological polar surface area (TPSA) is 254 Å². The summed E-state index contributed by atoms with van der Waals surface area (Å²) in [4.78, 5) is 25.4. The van der Waals surface area contributed by atoms with Crippen molar-refractivity contribution in [1.29, 1.82) is 0 Å². The van der Waals surface area contributed by atoms with Gasteiger partial charge in [-0.1, -0.05) is 30.4 Å². The first kappa shape index (κ1) is 51.1. The third-order valence-electron chi connectivity index (χ3n) is 11.3. The van der Waals surface area contributed by atoms with Gasteiger partial charge in [-0.15, -0.1) is 0 Å². The minimum absolute atomic E-state index is 0.00588.